The zero-order chi connectivity index (χ0) is 21.9. The van der Waals surface area contributed by atoms with Gasteiger partial charge in [0.05, 0.1) is 11.3 Å². The highest BCUT2D eigenvalue weighted by molar-refractivity contribution is 6.08. The summed E-state index contributed by atoms with van der Waals surface area (Å²) in [6, 6.07) is 15.6. The summed E-state index contributed by atoms with van der Waals surface area (Å²) in [5.41, 5.74) is 2.06. The predicted octanol–water partition coefficient (Wildman–Crippen LogP) is 4.50. The normalized spacial score (nSPS) is 16.1. The largest absolute Gasteiger partial charge is 0.356 e. The van der Waals surface area contributed by atoms with Crippen LogP contribution in [0.3, 0.4) is 0 Å². The van der Waals surface area contributed by atoms with Gasteiger partial charge in [-0.05, 0) is 61.1 Å². The van der Waals surface area contributed by atoms with Crippen molar-refractivity contribution < 1.29 is 9.59 Å². The molecule has 1 aliphatic carbocycles. The van der Waals surface area contributed by atoms with Gasteiger partial charge in [-0.3, -0.25) is 9.59 Å². The summed E-state index contributed by atoms with van der Waals surface area (Å²) >= 11 is 0. The minimum atomic E-state index is -0.199. The quantitative estimate of drug-likeness (QED) is 0.606. The molecule has 6 nitrogen and oxygen atoms in total. The summed E-state index contributed by atoms with van der Waals surface area (Å²) in [5.74, 6) is 0.817. The van der Waals surface area contributed by atoms with Gasteiger partial charge in [-0.15, -0.1) is 0 Å². The van der Waals surface area contributed by atoms with Crippen LogP contribution in [0.15, 0.2) is 54.7 Å². The molecule has 5 rings (SSSR count). The lowest BCUT2D eigenvalue weighted by atomic mass is 10.0. The minimum Gasteiger partial charge on any atom is -0.356 e. The molecule has 1 aliphatic heterocycles. The number of carbonyl (C=O) groups is 2. The van der Waals surface area contributed by atoms with Crippen molar-refractivity contribution in [1.82, 2.24) is 10.3 Å². The van der Waals surface area contributed by atoms with Gasteiger partial charge in [0.25, 0.3) is 5.91 Å². The lowest BCUT2D eigenvalue weighted by Gasteiger charge is -2.29. The Bertz CT molecular complexity index is 1150. The molecule has 2 aromatic carbocycles. The monoisotopic (exact) mass is 428 g/mol. The molecule has 0 unspecified atom stereocenters. The third kappa shape index (κ3) is 4.44. The molecular weight excluding hydrogens is 400 g/mol. The van der Waals surface area contributed by atoms with Crippen LogP contribution in [0.5, 0.6) is 0 Å². The van der Waals surface area contributed by atoms with E-state index < -0.39 is 0 Å². The summed E-state index contributed by atoms with van der Waals surface area (Å²) in [6.45, 7) is 2.39. The van der Waals surface area contributed by atoms with E-state index in [0.717, 1.165) is 48.1 Å². The zero-order valence-corrected chi connectivity index (χ0v) is 18.1. The number of aromatic nitrogens is 1. The Morgan fingerprint density at radius 1 is 0.969 bits per heavy atom. The molecule has 0 spiro atoms. The molecule has 1 saturated heterocycles. The fourth-order valence-corrected chi connectivity index (χ4v) is 4.34. The van der Waals surface area contributed by atoms with Gasteiger partial charge in [0.2, 0.25) is 5.91 Å². The Kier molecular flexibility index (Phi) is 5.75. The van der Waals surface area contributed by atoms with Crippen molar-refractivity contribution >= 4 is 34.1 Å². The molecule has 2 heterocycles. The standard InChI is InChI=1S/C26H28N4O2/c31-25(18-10-11-18)29-23-16-20-8-3-2-7-19(20)15-22(23)26(32)28-17-21-9-6-12-27-24(21)30-13-4-1-5-14-30/h2-3,6-9,12,15-16,18H,1,4-5,10-11,13-14,17H2,(H,28,32)(H,29,31). The summed E-state index contributed by atoms with van der Waals surface area (Å²) in [4.78, 5) is 32.6. The molecule has 0 bridgehead atoms. The number of hydrogen-bond acceptors (Lipinski definition) is 4. The average molecular weight is 429 g/mol. The van der Waals surface area contributed by atoms with Crippen LogP contribution in [-0.4, -0.2) is 29.9 Å². The van der Waals surface area contributed by atoms with E-state index in [4.69, 9.17) is 0 Å². The average Bonchev–Trinajstić information content (AvgIpc) is 3.69. The number of carbonyl (C=O) groups excluding carboxylic acids is 2. The van der Waals surface area contributed by atoms with E-state index in [1.807, 2.05) is 54.7 Å². The summed E-state index contributed by atoms with van der Waals surface area (Å²) in [5, 5.41) is 8.01. The van der Waals surface area contributed by atoms with Crippen LogP contribution in [0.1, 0.15) is 48.0 Å². The van der Waals surface area contributed by atoms with Crippen LogP contribution >= 0.6 is 0 Å². The lowest BCUT2D eigenvalue weighted by Crippen LogP contribution is -2.32. The molecule has 32 heavy (non-hydrogen) atoms. The molecule has 164 valence electrons. The fraction of sp³-hybridized carbons (Fsp3) is 0.346. The maximum absolute atomic E-state index is 13.2. The number of anilines is 2. The Morgan fingerprint density at radius 3 is 2.47 bits per heavy atom. The van der Waals surface area contributed by atoms with Gasteiger partial charge in [-0.2, -0.15) is 0 Å². The number of benzene rings is 2. The number of hydrogen-bond donors (Lipinski definition) is 2. The van der Waals surface area contributed by atoms with Crippen LogP contribution in [0, 0.1) is 5.92 Å². The molecule has 3 aromatic rings. The van der Waals surface area contributed by atoms with Crippen molar-refractivity contribution in [3.05, 3.63) is 65.9 Å². The fourth-order valence-electron chi connectivity index (χ4n) is 4.34. The van der Waals surface area contributed by atoms with Gasteiger partial charge in [-0.1, -0.05) is 30.3 Å². The first-order valence-electron chi connectivity index (χ1n) is 11.5. The summed E-state index contributed by atoms with van der Waals surface area (Å²) < 4.78 is 0. The van der Waals surface area contributed by atoms with Crippen LogP contribution in [0.4, 0.5) is 11.5 Å². The highest BCUT2D eigenvalue weighted by atomic mass is 16.2. The number of piperidine rings is 1. The van der Waals surface area contributed by atoms with Crippen molar-refractivity contribution in [3.8, 4) is 0 Å². The van der Waals surface area contributed by atoms with Gasteiger partial charge in [0.1, 0.15) is 5.82 Å². The molecule has 0 atom stereocenters. The number of rotatable bonds is 6. The van der Waals surface area contributed by atoms with Crippen LogP contribution < -0.4 is 15.5 Å². The van der Waals surface area contributed by atoms with Gasteiger partial charge in [-0.25, -0.2) is 4.98 Å². The smallest absolute Gasteiger partial charge is 0.253 e. The molecule has 6 heteroatoms. The van der Waals surface area contributed by atoms with Crippen molar-refractivity contribution in [1.29, 1.82) is 0 Å². The maximum Gasteiger partial charge on any atom is 0.253 e. The van der Waals surface area contributed by atoms with E-state index in [1.54, 1.807) is 0 Å². The van der Waals surface area contributed by atoms with E-state index in [2.05, 4.69) is 20.5 Å². The SMILES string of the molecule is O=C(NCc1cccnc1N1CCCCC1)c1cc2ccccc2cc1NC(=O)C1CC1. The molecule has 1 saturated carbocycles. The van der Waals surface area contributed by atoms with Crippen molar-refractivity contribution in [2.75, 3.05) is 23.3 Å². The third-order valence-corrected chi connectivity index (χ3v) is 6.30. The van der Waals surface area contributed by atoms with Crippen LogP contribution in [0.2, 0.25) is 0 Å². The highest BCUT2D eigenvalue weighted by Gasteiger charge is 2.30. The highest BCUT2D eigenvalue weighted by Crippen LogP contribution is 2.32. The molecular formula is C26H28N4O2. The molecule has 0 radical (unpaired) electrons. The number of nitrogens with one attached hydrogen (secondary N) is 2. The summed E-state index contributed by atoms with van der Waals surface area (Å²) in [7, 11) is 0. The maximum atomic E-state index is 13.2. The van der Waals surface area contributed by atoms with Crippen molar-refractivity contribution in [3.63, 3.8) is 0 Å². The molecule has 2 amide bonds. The number of pyridine rings is 1. The number of fused-ring (bicyclic) bond motifs is 1. The molecule has 2 aliphatic rings. The molecule has 2 N–H and O–H groups in total. The van der Waals surface area contributed by atoms with Gasteiger partial charge in [0, 0.05) is 37.3 Å². The van der Waals surface area contributed by atoms with Crippen LogP contribution in [0.25, 0.3) is 10.8 Å². The van der Waals surface area contributed by atoms with Crippen molar-refractivity contribution in [2.45, 2.75) is 38.6 Å². The van der Waals surface area contributed by atoms with Gasteiger partial charge >= 0.3 is 0 Å². The zero-order valence-electron chi connectivity index (χ0n) is 18.1. The van der Waals surface area contributed by atoms with Crippen LogP contribution in [-0.2, 0) is 11.3 Å². The third-order valence-electron chi connectivity index (χ3n) is 6.30. The Hall–Kier alpha value is -3.41. The second kappa shape index (κ2) is 8.99. The summed E-state index contributed by atoms with van der Waals surface area (Å²) in [6.07, 6.45) is 7.24. The first-order chi connectivity index (χ1) is 15.7. The van der Waals surface area contributed by atoms with E-state index in [9.17, 15) is 9.59 Å². The Balaban J connectivity index is 1.38. The molecule has 1 aromatic heterocycles. The van der Waals surface area contributed by atoms with E-state index >= 15 is 0 Å². The first-order valence-corrected chi connectivity index (χ1v) is 11.5. The predicted molar refractivity (Wildman–Crippen MR) is 127 cm³/mol. The topological polar surface area (TPSA) is 74.3 Å². The van der Waals surface area contributed by atoms with E-state index in [1.165, 1.54) is 19.3 Å². The Morgan fingerprint density at radius 2 is 1.72 bits per heavy atom. The van der Waals surface area contributed by atoms with E-state index in [0.29, 0.717) is 17.8 Å². The first kappa shape index (κ1) is 20.5. The molecule has 2 fully saturated rings. The Labute approximate surface area is 188 Å². The lowest BCUT2D eigenvalue weighted by molar-refractivity contribution is -0.117. The number of amides is 2. The van der Waals surface area contributed by atoms with Crippen molar-refractivity contribution in [2.24, 2.45) is 5.92 Å². The van der Waals surface area contributed by atoms with Gasteiger partial charge in [0.15, 0.2) is 0 Å². The van der Waals surface area contributed by atoms with Gasteiger partial charge < -0.3 is 15.5 Å². The van der Waals surface area contributed by atoms with E-state index in [-0.39, 0.29) is 17.7 Å². The number of nitrogens with zero attached hydrogens (tertiary/aromatic N) is 2. The minimum absolute atomic E-state index is 0.00558. The second-order valence-electron chi connectivity index (χ2n) is 8.72. The second-order valence-corrected chi connectivity index (χ2v) is 8.72.